The Hall–Kier alpha value is -2.28. The van der Waals surface area contributed by atoms with Crippen molar-refractivity contribution in [2.45, 2.75) is 17.5 Å². The summed E-state index contributed by atoms with van der Waals surface area (Å²) in [4.78, 5) is 31.5. The quantitative estimate of drug-likeness (QED) is 0.668. The molecule has 1 atom stereocenters. The molecule has 2 aromatic rings. The number of nitrogens with one attached hydrogen (secondary N) is 2. The van der Waals surface area contributed by atoms with Gasteiger partial charge in [-0.3, -0.25) is 9.59 Å². The minimum Gasteiger partial charge on any atom is -0.496 e. The molecular weight excluding hydrogens is 302 g/mol. The topological polar surface area (TPSA) is 84.1 Å². The molecule has 114 valence electrons. The summed E-state index contributed by atoms with van der Waals surface area (Å²) in [5.41, 5.74) is 1.05. The minimum atomic E-state index is -0.368. The van der Waals surface area contributed by atoms with Crippen molar-refractivity contribution in [1.29, 1.82) is 0 Å². The number of nitrogens with zero attached hydrogens (tertiary/aromatic N) is 1. The van der Waals surface area contributed by atoms with Crippen molar-refractivity contribution in [3.05, 3.63) is 45.7 Å². The molecule has 0 aliphatic carbocycles. The van der Waals surface area contributed by atoms with Crippen molar-refractivity contribution >= 4 is 23.5 Å². The number of hydrogen-bond donors (Lipinski definition) is 2. The molecule has 1 aliphatic heterocycles. The van der Waals surface area contributed by atoms with E-state index in [1.807, 2.05) is 30.5 Å². The van der Waals surface area contributed by atoms with Gasteiger partial charge < -0.3 is 15.0 Å². The zero-order valence-electron chi connectivity index (χ0n) is 12.2. The van der Waals surface area contributed by atoms with Crippen LogP contribution in [0.25, 0.3) is 0 Å². The minimum absolute atomic E-state index is 0.159. The number of H-pyrrole nitrogens is 1. The SMILES string of the molecule is COc1ccccc1[C@@H]1CC(=O)Nc2nc(SC)[nH]c(=O)c21. The maximum atomic E-state index is 12.4. The van der Waals surface area contributed by atoms with E-state index in [2.05, 4.69) is 15.3 Å². The molecule has 1 amide bonds. The van der Waals surface area contributed by atoms with Crippen LogP contribution in [0.1, 0.15) is 23.5 Å². The van der Waals surface area contributed by atoms with Gasteiger partial charge in [0.1, 0.15) is 11.6 Å². The fourth-order valence-corrected chi connectivity index (χ4v) is 3.04. The van der Waals surface area contributed by atoms with Crippen molar-refractivity contribution in [2.24, 2.45) is 0 Å². The molecule has 3 rings (SSSR count). The van der Waals surface area contributed by atoms with Crippen LogP contribution in [0.4, 0.5) is 5.82 Å². The summed E-state index contributed by atoms with van der Waals surface area (Å²) in [6.45, 7) is 0. The molecule has 0 saturated carbocycles. The molecule has 0 fully saturated rings. The van der Waals surface area contributed by atoms with Gasteiger partial charge in [0.05, 0.1) is 12.7 Å². The molecule has 2 N–H and O–H groups in total. The Balaban J connectivity index is 2.20. The van der Waals surface area contributed by atoms with Crippen LogP contribution in [-0.2, 0) is 4.79 Å². The smallest absolute Gasteiger partial charge is 0.257 e. The van der Waals surface area contributed by atoms with Gasteiger partial charge in [0.2, 0.25) is 5.91 Å². The molecule has 7 heteroatoms. The molecule has 22 heavy (non-hydrogen) atoms. The van der Waals surface area contributed by atoms with Gasteiger partial charge in [-0.05, 0) is 12.3 Å². The Labute approximate surface area is 131 Å². The number of fused-ring (bicyclic) bond motifs is 1. The number of hydrogen-bond acceptors (Lipinski definition) is 5. The van der Waals surface area contributed by atoms with Gasteiger partial charge in [0, 0.05) is 17.9 Å². The number of methoxy groups -OCH3 is 1. The fourth-order valence-electron chi connectivity index (χ4n) is 2.67. The van der Waals surface area contributed by atoms with E-state index in [0.29, 0.717) is 22.3 Å². The van der Waals surface area contributed by atoms with E-state index >= 15 is 0 Å². The van der Waals surface area contributed by atoms with Crippen LogP contribution < -0.4 is 15.6 Å². The van der Waals surface area contributed by atoms with Crippen molar-refractivity contribution < 1.29 is 9.53 Å². The van der Waals surface area contributed by atoms with E-state index in [0.717, 1.165) is 5.56 Å². The highest BCUT2D eigenvalue weighted by Crippen LogP contribution is 2.38. The molecular formula is C15H15N3O3S. The molecule has 0 unspecified atom stereocenters. The summed E-state index contributed by atoms with van der Waals surface area (Å²) >= 11 is 1.32. The molecule has 0 bridgehead atoms. The molecule has 1 aliphatic rings. The first kappa shape index (κ1) is 14.6. The summed E-state index contributed by atoms with van der Waals surface area (Å²) in [6, 6.07) is 7.40. The fraction of sp³-hybridized carbons (Fsp3) is 0.267. The van der Waals surface area contributed by atoms with Crippen molar-refractivity contribution in [1.82, 2.24) is 9.97 Å². The first-order valence-corrected chi connectivity index (χ1v) is 7.97. The number of aromatic nitrogens is 2. The third-order valence-corrected chi connectivity index (χ3v) is 4.22. The zero-order chi connectivity index (χ0) is 15.7. The van der Waals surface area contributed by atoms with Gasteiger partial charge in [0.25, 0.3) is 5.56 Å². The summed E-state index contributed by atoms with van der Waals surface area (Å²) in [7, 11) is 1.57. The first-order chi connectivity index (χ1) is 10.6. The predicted molar refractivity (Wildman–Crippen MR) is 84.7 cm³/mol. The Morgan fingerprint density at radius 3 is 2.82 bits per heavy atom. The molecule has 0 spiro atoms. The number of aromatic amines is 1. The van der Waals surface area contributed by atoms with Crippen LogP contribution >= 0.6 is 11.8 Å². The van der Waals surface area contributed by atoms with Crippen LogP contribution in [0.2, 0.25) is 0 Å². The van der Waals surface area contributed by atoms with E-state index in [9.17, 15) is 9.59 Å². The van der Waals surface area contributed by atoms with Gasteiger partial charge in [0.15, 0.2) is 5.16 Å². The maximum absolute atomic E-state index is 12.4. The third-order valence-electron chi connectivity index (χ3n) is 3.64. The van der Waals surface area contributed by atoms with E-state index in [1.165, 1.54) is 11.8 Å². The van der Waals surface area contributed by atoms with Gasteiger partial charge in [-0.1, -0.05) is 30.0 Å². The van der Waals surface area contributed by atoms with Gasteiger partial charge in [-0.2, -0.15) is 0 Å². The van der Waals surface area contributed by atoms with E-state index in [1.54, 1.807) is 7.11 Å². The number of carbonyl (C=O) groups excluding carboxylic acids is 1. The normalized spacial score (nSPS) is 16.8. The standard InChI is InChI=1S/C15H15N3O3S/c1-21-10-6-4-3-5-8(10)9-7-11(19)16-13-12(9)14(20)18-15(17-13)22-2/h3-6,9H,7H2,1-2H3,(H2,16,17,18,19,20)/t9-/m0/s1. The number of anilines is 1. The number of carbonyl (C=O) groups is 1. The van der Waals surface area contributed by atoms with Crippen molar-refractivity contribution in [3.8, 4) is 5.75 Å². The first-order valence-electron chi connectivity index (χ1n) is 6.75. The monoisotopic (exact) mass is 317 g/mol. The summed E-state index contributed by atoms with van der Waals surface area (Å²) in [5, 5.41) is 3.17. The molecule has 1 aromatic heterocycles. The van der Waals surface area contributed by atoms with Crippen molar-refractivity contribution in [3.63, 3.8) is 0 Å². The van der Waals surface area contributed by atoms with Gasteiger partial charge in [-0.15, -0.1) is 0 Å². The number of thioether (sulfide) groups is 1. The highest BCUT2D eigenvalue weighted by molar-refractivity contribution is 7.98. The zero-order valence-corrected chi connectivity index (χ0v) is 13.0. The lowest BCUT2D eigenvalue weighted by molar-refractivity contribution is -0.116. The lowest BCUT2D eigenvalue weighted by Gasteiger charge is -2.25. The van der Waals surface area contributed by atoms with Gasteiger partial charge in [-0.25, -0.2) is 4.98 Å². The number of amides is 1. The molecule has 0 radical (unpaired) electrons. The molecule has 1 aromatic carbocycles. The Morgan fingerprint density at radius 1 is 1.32 bits per heavy atom. The Morgan fingerprint density at radius 2 is 2.09 bits per heavy atom. The predicted octanol–water partition coefficient (Wildman–Crippen LogP) is 1.97. The number of benzene rings is 1. The molecule has 6 nitrogen and oxygen atoms in total. The lowest BCUT2D eigenvalue weighted by Crippen LogP contribution is -2.31. The average molecular weight is 317 g/mol. The van der Waals surface area contributed by atoms with Crippen LogP contribution in [-0.4, -0.2) is 29.2 Å². The summed E-state index contributed by atoms with van der Waals surface area (Å²) in [6.07, 6.45) is 2.00. The summed E-state index contributed by atoms with van der Waals surface area (Å²) in [5.74, 6) is 0.461. The number of para-hydroxylation sites is 1. The van der Waals surface area contributed by atoms with Crippen LogP contribution in [0.15, 0.2) is 34.2 Å². The third kappa shape index (κ3) is 2.48. The van der Waals surface area contributed by atoms with Gasteiger partial charge >= 0.3 is 0 Å². The molecule has 2 heterocycles. The maximum Gasteiger partial charge on any atom is 0.257 e. The van der Waals surface area contributed by atoms with E-state index < -0.39 is 0 Å². The van der Waals surface area contributed by atoms with E-state index in [-0.39, 0.29) is 23.8 Å². The number of rotatable bonds is 3. The second-order valence-electron chi connectivity index (χ2n) is 4.88. The second kappa shape index (κ2) is 5.84. The number of ether oxygens (including phenoxy) is 1. The molecule has 0 saturated heterocycles. The Bertz CT molecular complexity index is 788. The van der Waals surface area contributed by atoms with Crippen LogP contribution in [0, 0.1) is 0 Å². The highest BCUT2D eigenvalue weighted by Gasteiger charge is 2.32. The van der Waals surface area contributed by atoms with Crippen LogP contribution in [0.5, 0.6) is 5.75 Å². The average Bonchev–Trinajstić information content (AvgIpc) is 2.53. The Kier molecular flexibility index (Phi) is 3.89. The highest BCUT2D eigenvalue weighted by atomic mass is 32.2. The lowest BCUT2D eigenvalue weighted by atomic mass is 9.86. The van der Waals surface area contributed by atoms with Crippen LogP contribution in [0.3, 0.4) is 0 Å². The van der Waals surface area contributed by atoms with Crippen molar-refractivity contribution in [2.75, 3.05) is 18.7 Å². The van der Waals surface area contributed by atoms with E-state index in [4.69, 9.17) is 4.74 Å². The summed E-state index contributed by atoms with van der Waals surface area (Å²) < 4.78 is 5.37. The second-order valence-corrected chi connectivity index (χ2v) is 5.68. The largest absolute Gasteiger partial charge is 0.496 e.